The van der Waals surface area contributed by atoms with E-state index in [4.69, 9.17) is 11.6 Å². The average molecular weight is 290 g/mol. The Bertz CT molecular complexity index is 599. The molecule has 0 bridgehead atoms. The van der Waals surface area contributed by atoms with E-state index in [2.05, 4.69) is 27.6 Å². The fourth-order valence-corrected chi connectivity index (χ4v) is 3.29. The lowest BCUT2D eigenvalue weighted by Gasteiger charge is -2.22. The maximum atomic E-state index is 6.51. The van der Waals surface area contributed by atoms with Crippen molar-refractivity contribution in [3.05, 3.63) is 30.0 Å². The summed E-state index contributed by atoms with van der Waals surface area (Å²) >= 11 is 6.51. The minimum absolute atomic E-state index is 0.180. The van der Waals surface area contributed by atoms with Crippen molar-refractivity contribution in [1.29, 1.82) is 0 Å². The lowest BCUT2D eigenvalue weighted by molar-refractivity contribution is 0.624. The number of fused-ring (bicyclic) bond motifs is 1. The van der Waals surface area contributed by atoms with Crippen LogP contribution in [0, 0.1) is 6.92 Å². The van der Waals surface area contributed by atoms with Gasteiger partial charge < -0.3 is 5.32 Å². The molecular weight excluding hydrogens is 270 g/mol. The molecule has 20 heavy (non-hydrogen) atoms. The SMILES string of the molecule is Cc1nnc(NC2CCCCCC2Cl)c2ccccc12. The van der Waals surface area contributed by atoms with E-state index >= 15 is 0 Å². The third-order valence-electron chi connectivity index (χ3n) is 4.13. The largest absolute Gasteiger partial charge is 0.364 e. The van der Waals surface area contributed by atoms with Crippen LogP contribution < -0.4 is 5.32 Å². The van der Waals surface area contributed by atoms with Gasteiger partial charge in [-0.25, -0.2) is 0 Å². The molecule has 1 aliphatic rings. The van der Waals surface area contributed by atoms with Crippen LogP contribution in [0.4, 0.5) is 5.82 Å². The highest BCUT2D eigenvalue weighted by Crippen LogP contribution is 2.28. The number of hydrogen-bond acceptors (Lipinski definition) is 3. The van der Waals surface area contributed by atoms with Gasteiger partial charge in [0.1, 0.15) is 0 Å². The molecule has 106 valence electrons. The fraction of sp³-hybridized carbons (Fsp3) is 0.500. The molecule has 1 heterocycles. The molecule has 1 aliphatic carbocycles. The Morgan fingerprint density at radius 1 is 1.05 bits per heavy atom. The summed E-state index contributed by atoms with van der Waals surface area (Å²) in [6.07, 6.45) is 5.93. The van der Waals surface area contributed by atoms with Gasteiger partial charge in [0.05, 0.1) is 11.1 Å². The molecule has 2 atom stereocenters. The Morgan fingerprint density at radius 2 is 1.80 bits per heavy atom. The topological polar surface area (TPSA) is 37.8 Å². The van der Waals surface area contributed by atoms with Crippen LogP contribution in [0.1, 0.15) is 37.8 Å². The number of aryl methyl sites for hydroxylation is 1. The third-order valence-corrected chi connectivity index (χ3v) is 4.65. The Kier molecular flexibility index (Phi) is 4.06. The molecule has 2 unspecified atom stereocenters. The molecule has 0 amide bonds. The van der Waals surface area contributed by atoms with Crippen LogP contribution in [0.3, 0.4) is 0 Å². The predicted octanol–water partition coefficient (Wildman–Crippen LogP) is 4.29. The first-order valence-corrected chi connectivity index (χ1v) is 7.82. The van der Waals surface area contributed by atoms with Gasteiger partial charge in [-0.1, -0.05) is 43.5 Å². The Balaban J connectivity index is 1.92. The van der Waals surface area contributed by atoms with Gasteiger partial charge in [0, 0.05) is 16.8 Å². The molecule has 1 saturated carbocycles. The van der Waals surface area contributed by atoms with Crippen LogP contribution in [0.15, 0.2) is 24.3 Å². The van der Waals surface area contributed by atoms with Crippen molar-refractivity contribution in [2.24, 2.45) is 0 Å². The van der Waals surface area contributed by atoms with Crippen LogP contribution in [0.5, 0.6) is 0 Å². The molecule has 0 spiro atoms. The van der Waals surface area contributed by atoms with Crippen molar-refractivity contribution in [3.8, 4) is 0 Å². The molecule has 1 N–H and O–H groups in total. The highest BCUT2D eigenvalue weighted by atomic mass is 35.5. The van der Waals surface area contributed by atoms with Crippen LogP contribution in [-0.2, 0) is 0 Å². The number of hydrogen-bond donors (Lipinski definition) is 1. The summed E-state index contributed by atoms with van der Waals surface area (Å²) in [7, 11) is 0. The van der Waals surface area contributed by atoms with Crippen molar-refractivity contribution in [2.45, 2.75) is 50.4 Å². The maximum absolute atomic E-state index is 6.51. The van der Waals surface area contributed by atoms with Gasteiger partial charge in [0.15, 0.2) is 5.82 Å². The smallest absolute Gasteiger partial charge is 0.156 e. The quantitative estimate of drug-likeness (QED) is 0.662. The monoisotopic (exact) mass is 289 g/mol. The van der Waals surface area contributed by atoms with E-state index in [1.165, 1.54) is 19.3 Å². The fourth-order valence-electron chi connectivity index (χ4n) is 2.95. The normalized spacial score (nSPS) is 23.5. The second-order valence-electron chi connectivity index (χ2n) is 5.58. The molecular formula is C16H20ClN3. The van der Waals surface area contributed by atoms with Crippen molar-refractivity contribution in [2.75, 3.05) is 5.32 Å². The number of aromatic nitrogens is 2. The van der Waals surface area contributed by atoms with Gasteiger partial charge in [-0.2, -0.15) is 5.10 Å². The first kappa shape index (κ1) is 13.6. The lowest BCUT2D eigenvalue weighted by atomic mass is 10.1. The molecule has 3 rings (SSSR count). The minimum atomic E-state index is 0.180. The van der Waals surface area contributed by atoms with Gasteiger partial charge in [0.2, 0.25) is 0 Å². The summed E-state index contributed by atoms with van der Waals surface area (Å²) in [6, 6.07) is 8.56. The molecule has 2 aromatic rings. The van der Waals surface area contributed by atoms with Gasteiger partial charge in [-0.3, -0.25) is 0 Å². The number of alkyl halides is 1. The van der Waals surface area contributed by atoms with E-state index in [1.807, 2.05) is 19.1 Å². The highest BCUT2D eigenvalue weighted by molar-refractivity contribution is 6.21. The van der Waals surface area contributed by atoms with Crippen molar-refractivity contribution in [3.63, 3.8) is 0 Å². The molecule has 1 aromatic carbocycles. The number of anilines is 1. The number of rotatable bonds is 2. The molecule has 1 fully saturated rings. The van der Waals surface area contributed by atoms with Gasteiger partial charge in [-0.05, 0) is 19.8 Å². The second-order valence-corrected chi connectivity index (χ2v) is 6.15. The van der Waals surface area contributed by atoms with E-state index in [-0.39, 0.29) is 5.38 Å². The van der Waals surface area contributed by atoms with Crippen LogP contribution in [0.25, 0.3) is 10.8 Å². The molecule has 0 radical (unpaired) electrons. The van der Waals surface area contributed by atoms with Crippen LogP contribution >= 0.6 is 11.6 Å². The summed E-state index contributed by atoms with van der Waals surface area (Å²) in [6.45, 7) is 2.00. The molecule has 4 heteroatoms. The summed E-state index contributed by atoms with van der Waals surface area (Å²) in [4.78, 5) is 0. The zero-order valence-electron chi connectivity index (χ0n) is 11.8. The van der Waals surface area contributed by atoms with Gasteiger partial charge in [0.25, 0.3) is 0 Å². The zero-order valence-corrected chi connectivity index (χ0v) is 12.5. The lowest BCUT2D eigenvalue weighted by Crippen LogP contribution is -2.29. The number of nitrogens with one attached hydrogen (secondary N) is 1. The van der Waals surface area contributed by atoms with Gasteiger partial charge in [-0.15, -0.1) is 16.7 Å². The Hall–Kier alpha value is -1.35. The number of benzene rings is 1. The second kappa shape index (κ2) is 5.96. The summed E-state index contributed by atoms with van der Waals surface area (Å²) in [5, 5.41) is 14.6. The van der Waals surface area contributed by atoms with E-state index in [9.17, 15) is 0 Å². The van der Waals surface area contributed by atoms with Crippen molar-refractivity contribution >= 4 is 28.2 Å². The van der Waals surface area contributed by atoms with E-state index in [1.54, 1.807) is 0 Å². The van der Waals surface area contributed by atoms with E-state index in [0.717, 1.165) is 35.1 Å². The third kappa shape index (κ3) is 2.73. The van der Waals surface area contributed by atoms with Crippen molar-refractivity contribution in [1.82, 2.24) is 10.2 Å². The first-order valence-electron chi connectivity index (χ1n) is 7.38. The predicted molar refractivity (Wildman–Crippen MR) is 84.4 cm³/mol. The Morgan fingerprint density at radius 3 is 2.65 bits per heavy atom. The van der Waals surface area contributed by atoms with E-state index in [0.29, 0.717) is 6.04 Å². The minimum Gasteiger partial charge on any atom is -0.364 e. The van der Waals surface area contributed by atoms with Gasteiger partial charge >= 0.3 is 0 Å². The average Bonchev–Trinajstić information content (AvgIpc) is 2.67. The van der Waals surface area contributed by atoms with E-state index < -0.39 is 0 Å². The zero-order chi connectivity index (χ0) is 13.9. The summed E-state index contributed by atoms with van der Waals surface area (Å²) in [5.41, 5.74) is 0.967. The molecule has 1 aromatic heterocycles. The van der Waals surface area contributed by atoms with Crippen molar-refractivity contribution < 1.29 is 0 Å². The number of halogens is 1. The van der Waals surface area contributed by atoms with Crippen LogP contribution in [-0.4, -0.2) is 21.6 Å². The summed E-state index contributed by atoms with van der Waals surface area (Å²) < 4.78 is 0. The first-order chi connectivity index (χ1) is 9.75. The maximum Gasteiger partial charge on any atom is 0.156 e. The summed E-state index contributed by atoms with van der Waals surface area (Å²) in [5.74, 6) is 0.865. The Labute approximate surface area is 124 Å². The molecule has 0 aliphatic heterocycles. The highest BCUT2D eigenvalue weighted by Gasteiger charge is 2.22. The number of nitrogens with zero attached hydrogens (tertiary/aromatic N) is 2. The molecule has 0 saturated heterocycles. The molecule has 3 nitrogen and oxygen atoms in total. The van der Waals surface area contributed by atoms with Crippen LogP contribution in [0.2, 0.25) is 0 Å². The standard InChI is InChI=1S/C16H20ClN3/c1-11-12-7-5-6-8-13(12)16(20-19-11)18-15-10-4-2-3-9-14(15)17/h5-8,14-15H,2-4,9-10H2,1H3,(H,18,20).